The van der Waals surface area contributed by atoms with Crippen LogP contribution in [0.4, 0.5) is 5.69 Å². The van der Waals surface area contributed by atoms with Crippen LogP contribution in [0, 0.1) is 11.8 Å². The molecule has 1 aliphatic rings. The molecule has 0 atom stereocenters. The Bertz CT molecular complexity index is 852. The molecule has 26 heavy (non-hydrogen) atoms. The van der Waals surface area contributed by atoms with Crippen molar-refractivity contribution in [3.05, 3.63) is 48.0 Å². The van der Waals surface area contributed by atoms with Gasteiger partial charge in [-0.05, 0) is 30.3 Å². The lowest BCUT2D eigenvalue weighted by atomic mass is 10.2. The van der Waals surface area contributed by atoms with Gasteiger partial charge in [-0.3, -0.25) is 4.79 Å². The van der Waals surface area contributed by atoms with Crippen molar-refractivity contribution in [3.63, 3.8) is 0 Å². The summed E-state index contributed by atoms with van der Waals surface area (Å²) >= 11 is 0. The number of carbonyl (C=O) groups is 1. The number of nitrogens with zero attached hydrogens (tertiary/aromatic N) is 1. The number of nitrogens with one attached hydrogen (secondary N) is 1. The van der Waals surface area contributed by atoms with Gasteiger partial charge >= 0.3 is 0 Å². The second kappa shape index (κ2) is 8.17. The lowest BCUT2D eigenvalue weighted by Gasteiger charge is -2.13. The van der Waals surface area contributed by atoms with E-state index in [1.807, 2.05) is 37.2 Å². The van der Waals surface area contributed by atoms with E-state index in [0.29, 0.717) is 22.8 Å². The molecule has 1 amide bonds. The lowest BCUT2D eigenvalue weighted by Crippen LogP contribution is -2.24. The van der Waals surface area contributed by atoms with E-state index in [9.17, 15) is 4.79 Å². The summed E-state index contributed by atoms with van der Waals surface area (Å²) < 4.78 is 16.1. The Balaban J connectivity index is 1.44. The van der Waals surface area contributed by atoms with Gasteiger partial charge in [0, 0.05) is 31.4 Å². The van der Waals surface area contributed by atoms with Crippen LogP contribution in [0.5, 0.6) is 17.2 Å². The van der Waals surface area contributed by atoms with Gasteiger partial charge < -0.3 is 24.4 Å². The minimum Gasteiger partial charge on any atom is -0.481 e. The van der Waals surface area contributed by atoms with Crippen LogP contribution in [0.1, 0.15) is 10.4 Å². The largest absolute Gasteiger partial charge is 0.481 e. The highest BCUT2D eigenvalue weighted by Gasteiger charge is 2.13. The Morgan fingerprint density at radius 2 is 2.00 bits per heavy atom. The molecule has 0 saturated carbocycles. The Kier molecular flexibility index (Phi) is 5.49. The van der Waals surface area contributed by atoms with E-state index in [1.54, 1.807) is 24.3 Å². The standard InChI is InChI=1S/C20H20N2O4/c1-22(2)16-7-5-6-15(12-16)20(23)21-10-3-4-11-24-17-8-9-18-19(13-17)26-14-25-18/h5-9,12-13H,10-11,14H2,1-2H3,(H,21,23). The summed E-state index contributed by atoms with van der Waals surface area (Å²) in [5, 5.41) is 2.77. The summed E-state index contributed by atoms with van der Waals surface area (Å²) in [5.74, 6) is 7.63. The molecule has 3 rings (SSSR count). The van der Waals surface area contributed by atoms with Gasteiger partial charge in [0.05, 0.1) is 6.54 Å². The number of rotatable bonds is 5. The van der Waals surface area contributed by atoms with Crippen LogP contribution in [0.3, 0.4) is 0 Å². The SMILES string of the molecule is CN(C)c1cccc(C(=O)NCC#CCOc2ccc3c(c2)OCO3)c1. The van der Waals surface area contributed by atoms with E-state index in [1.165, 1.54) is 0 Å². The van der Waals surface area contributed by atoms with Crippen LogP contribution < -0.4 is 24.4 Å². The quantitative estimate of drug-likeness (QED) is 0.837. The zero-order chi connectivity index (χ0) is 18.4. The summed E-state index contributed by atoms with van der Waals surface area (Å²) in [7, 11) is 3.87. The van der Waals surface area contributed by atoms with Crippen molar-refractivity contribution in [1.82, 2.24) is 5.32 Å². The third-order valence-corrected chi connectivity index (χ3v) is 3.74. The minimum absolute atomic E-state index is 0.153. The van der Waals surface area contributed by atoms with Crippen molar-refractivity contribution in [2.45, 2.75) is 0 Å². The predicted octanol–water partition coefficient (Wildman–Crippen LogP) is 2.29. The van der Waals surface area contributed by atoms with Crippen LogP contribution in [0.25, 0.3) is 0 Å². The summed E-state index contributed by atoms with van der Waals surface area (Å²) in [4.78, 5) is 14.1. The van der Waals surface area contributed by atoms with Crippen LogP contribution in [-0.2, 0) is 0 Å². The summed E-state index contributed by atoms with van der Waals surface area (Å²) in [6.45, 7) is 0.719. The Hall–Kier alpha value is -3.33. The molecule has 2 aromatic rings. The Morgan fingerprint density at radius 1 is 1.15 bits per heavy atom. The molecule has 0 unspecified atom stereocenters. The maximum Gasteiger partial charge on any atom is 0.252 e. The van der Waals surface area contributed by atoms with Gasteiger partial charge in [-0.25, -0.2) is 0 Å². The Labute approximate surface area is 152 Å². The third-order valence-electron chi connectivity index (χ3n) is 3.74. The van der Waals surface area contributed by atoms with Crippen molar-refractivity contribution >= 4 is 11.6 Å². The van der Waals surface area contributed by atoms with E-state index < -0.39 is 0 Å². The first kappa shape index (κ1) is 17.5. The number of carbonyl (C=O) groups excluding carboxylic acids is 1. The van der Waals surface area contributed by atoms with Crippen LogP contribution in [0.15, 0.2) is 42.5 Å². The normalized spacial score (nSPS) is 11.3. The molecular weight excluding hydrogens is 332 g/mol. The number of hydrogen-bond acceptors (Lipinski definition) is 5. The van der Waals surface area contributed by atoms with Crippen molar-refractivity contribution in [2.75, 3.05) is 38.9 Å². The van der Waals surface area contributed by atoms with Crippen molar-refractivity contribution in [3.8, 4) is 29.1 Å². The highest BCUT2D eigenvalue weighted by Crippen LogP contribution is 2.34. The number of anilines is 1. The van der Waals surface area contributed by atoms with Gasteiger partial charge in [-0.2, -0.15) is 0 Å². The van der Waals surface area contributed by atoms with Gasteiger partial charge in [0.1, 0.15) is 12.4 Å². The zero-order valence-electron chi connectivity index (χ0n) is 14.7. The molecule has 0 saturated heterocycles. The zero-order valence-corrected chi connectivity index (χ0v) is 14.7. The van der Waals surface area contributed by atoms with E-state index in [4.69, 9.17) is 14.2 Å². The number of fused-ring (bicyclic) bond motifs is 1. The maximum atomic E-state index is 12.1. The fourth-order valence-electron chi connectivity index (χ4n) is 2.35. The Morgan fingerprint density at radius 3 is 2.85 bits per heavy atom. The summed E-state index contributed by atoms with van der Waals surface area (Å²) in [6, 6.07) is 12.8. The molecule has 2 aromatic carbocycles. The molecule has 6 nitrogen and oxygen atoms in total. The van der Waals surface area contributed by atoms with Crippen molar-refractivity contribution in [2.24, 2.45) is 0 Å². The average Bonchev–Trinajstić information content (AvgIpc) is 3.12. The van der Waals surface area contributed by atoms with E-state index in [0.717, 1.165) is 5.69 Å². The fourth-order valence-corrected chi connectivity index (χ4v) is 2.35. The summed E-state index contributed by atoms with van der Waals surface area (Å²) in [6.07, 6.45) is 0. The van der Waals surface area contributed by atoms with Gasteiger partial charge in [0.2, 0.25) is 6.79 Å². The minimum atomic E-state index is -0.153. The smallest absolute Gasteiger partial charge is 0.252 e. The first-order valence-electron chi connectivity index (χ1n) is 8.17. The monoisotopic (exact) mass is 352 g/mol. The van der Waals surface area contributed by atoms with Crippen molar-refractivity contribution < 1.29 is 19.0 Å². The predicted molar refractivity (Wildman–Crippen MR) is 98.9 cm³/mol. The van der Waals surface area contributed by atoms with E-state index in [2.05, 4.69) is 17.2 Å². The molecule has 0 aliphatic carbocycles. The second-order valence-electron chi connectivity index (χ2n) is 5.78. The molecule has 0 spiro atoms. The number of amides is 1. The first-order chi connectivity index (χ1) is 12.6. The fraction of sp³-hybridized carbons (Fsp3) is 0.250. The van der Waals surface area contributed by atoms with E-state index in [-0.39, 0.29) is 25.9 Å². The second-order valence-corrected chi connectivity index (χ2v) is 5.78. The number of ether oxygens (including phenoxy) is 3. The third kappa shape index (κ3) is 4.39. The molecule has 6 heteroatoms. The molecule has 0 fully saturated rings. The topological polar surface area (TPSA) is 60.0 Å². The van der Waals surface area contributed by atoms with E-state index >= 15 is 0 Å². The number of benzene rings is 2. The highest BCUT2D eigenvalue weighted by molar-refractivity contribution is 5.95. The first-order valence-corrected chi connectivity index (χ1v) is 8.17. The highest BCUT2D eigenvalue weighted by atomic mass is 16.7. The summed E-state index contributed by atoms with van der Waals surface area (Å²) in [5.41, 5.74) is 1.58. The van der Waals surface area contributed by atoms with Gasteiger partial charge in [0.25, 0.3) is 5.91 Å². The van der Waals surface area contributed by atoms with Gasteiger partial charge in [-0.15, -0.1) is 0 Å². The van der Waals surface area contributed by atoms with Crippen LogP contribution in [-0.4, -0.2) is 39.9 Å². The molecule has 1 aliphatic heterocycles. The molecule has 1 N–H and O–H groups in total. The number of hydrogen-bond donors (Lipinski definition) is 1. The maximum absolute atomic E-state index is 12.1. The molecular formula is C20H20N2O4. The van der Waals surface area contributed by atoms with Gasteiger partial charge in [-0.1, -0.05) is 17.9 Å². The van der Waals surface area contributed by atoms with Crippen molar-refractivity contribution in [1.29, 1.82) is 0 Å². The molecule has 0 aromatic heterocycles. The lowest BCUT2D eigenvalue weighted by molar-refractivity contribution is 0.0958. The van der Waals surface area contributed by atoms with Crippen LogP contribution in [0.2, 0.25) is 0 Å². The molecule has 1 heterocycles. The molecule has 0 bridgehead atoms. The van der Waals surface area contributed by atoms with Gasteiger partial charge in [0.15, 0.2) is 11.5 Å². The van der Waals surface area contributed by atoms with Crippen LogP contribution >= 0.6 is 0 Å². The molecule has 134 valence electrons. The average molecular weight is 352 g/mol. The molecule has 0 radical (unpaired) electrons.